The molecule has 1 saturated heterocycles. The van der Waals surface area contributed by atoms with E-state index in [1.807, 2.05) is 24.3 Å². The zero-order valence-corrected chi connectivity index (χ0v) is 19.9. The number of amides is 2. The Kier molecular flexibility index (Phi) is 6.09. The Balaban J connectivity index is 1.51. The van der Waals surface area contributed by atoms with Crippen LogP contribution in [-0.4, -0.2) is 51.6 Å². The molecule has 33 heavy (non-hydrogen) atoms. The van der Waals surface area contributed by atoms with Gasteiger partial charge in [0.05, 0.1) is 22.3 Å². The lowest BCUT2D eigenvalue weighted by Crippen LogP contribution is -2.65. The minimum atomic E-state index is -4.25. The summed E-state index contributed by atoms with van der Waals surface area (Å²) < 4.78 is 30.0. The minimum Gasteiger partial charge on any atom is -0.266 e. The normalized spacial score (nSPS) is 22.7. The van der Waals surface area contributed by atoms with Crippen molar-refractivity contribution in [2.24, 2.45) is 5.10 Å². The zero-order chi connectivity index (χ0) is 23.0. The first-order valence-electron chi connectivity index (χ1n) is 11.6. The fourth-order valence-electron chi connectivity index (χ4n) is 5.06. The highest BCUT2D eigenvalue weighted by molar-refractivity contribution is 7.88. The van der Waals surface area contributed by atoms with Crippen molar-refractivity contribution < 1.29 is 18.0 Å². The third-order valence-electron chi connectivity index (χ3n) is 6.67. The molecule has 2 heterocycles. The van der Waals surface area contributed by atoms with Crippen molar-refractivity contribution in [3.8, 4) is 0 Å². The molecule has 1 aliphatic heterocycles. The summed E-state index contributed by atoms with van der Waals surface area (Å²) in [6.45, 7) is 0. The van der Waals surface area contributed by atoms with Gasteiger partial charge in [-0.3, -0.25) is 15.0 Å². The number of para-hydroxylation sites is 1. The number of nitrogens with one attached hydrogen (secondary N) is 1. The molecule has 3 aliphatic rings. The van der Waals surface area contributed by atoms with Crippen LogP contribution in [0.4, 0.5) is 5.13 Å². The number of anilines is 1. The van der Waals surface area contributed by atoms with Crippen molar-refractivity contribution in [1.82, 2.24) is 13.6 Å². The first-order chi connectivity index (χ1) is 16.0. The van der Waals surface area contributed by atoms with E-state index in [2.05, 4.69) is 15.5 Å². The van der Waals surface area contributed by atoms with Gasteiger partial charge in [0.1, 0.15) is 0 Å². The number of rotatable bonds is 4. The van der Waals surface area contributed by atoms with Crippen LogP contribution in [0.25, 0.3) is 10.2 Å². The Morgan fingerprint density at radius 3 is 1.97 bits per heavy atom. The van der Waals surface area contributed by atoms with E-state index in [1.54, 1.807) is 0 Å². The summed E-state index contributed by atoms with van der Waals surface area (Å²) in [6, 6.07) is 6.68. The predicted octanol–water partition coefficient (Wildman–Crippen LogP) is 3.65. The molecule has 11 heteroatoms. The standard InChI is InChI=1S/C22H27N5O4S2/c28-20-19(24-25-22-23-17-13-7-8-14-18(17)32-22)21(29)27(16-11-5-2-6-12-16)33(30,31)26(20)15-9-3-1-4-10-15/h7-8,13-16H,1-6,9-12H2,(H,23,25). The van der Waals surface area contributed by atoms with E-state index < -0.39 is 34.1 Å². The van der Waals surface area contributed by atoms with Crippen LogP contribution in [-0.2, 0) is 19.8 Å². The lowest BCUT2D eigenvalue weighted by molar-refractivity contribution is -0.129. The number of hydrazone groups is 1. The van der Waals surface area contributed by atoms with Crippen LogP contribution in [0.3, 0.4) is 0 Å². The van der Waals surface area contributed by atoms with E-state index in [0.717, 1.165) is 57.4 Å². The quantitative estimate of drug-likeness (QED) is 0.656. The summed E-state index contributed by atoms with van der Waals surface area (Å²) in [7, 11) is -4.25. The maximum atomic E-state index is 13.6. The third kappa shape index (κ3) is 4.12. The van der Waals surface area contributed by atoms with Crippen LogP contribution in [0, 0.1) is 0 Å². The molecule has 3 fully saturated rings. The summed E-state index contributed by atoms with van der Waals surface area (Å²) in [6.07, 6.45) is 7.90. The number of carbonyl (C=O) groups excluding carboxylic acids is 2. The van der Waals surface area contributed by atoms with Crippen LogP contribution in [0.2, 0.25) is 0 Å². The molecule has 2 aromatic rings. The maximum absolute atomic E-state index is 13.6. The second-order valence-electron chi connectivity index (χ2n) is 8.85. The highest BCUT2D eigenvalue weighted by Crippen LogP contribution is 2.34. The van der Waals surface area contributed by atoms with Crippen molar-refractivity contribution in [2.45, 2.75) is 76.3 Å². The SMILES string of the molecule is O=C1C(=NNc2nc3ccccc3s2)C(=O)N(C2CCCCC2)S(=O)(=O)N1C1CCCCC1. The molecule has 5 rings (SSSR count). The maximum Gasteiger partial charge on any atom is 0.331 e. The summed E-state index contributed by atoms with van der Waals surface area (Å²) in [4.78, 5) is 31.2. The van der Waals surface area contributed by atoms with Crippen LogP contribution < -0.4 is 5.43 Å². The molecule has 0 bridgehead atoms. The fraction of sp³-hybridized carbons (Fsp3) is 0.545. The number of fused-ring (bicyclic) bond motifs is 1. The molecule has 2 amide bonds. The average molecular weight is 490 g/mol. The Morgan fingerprint density at radius 1 is 0.879 bits per heavy atom. The number of hydrogen-bond donors (Lipinski definition) is 1. The highest BCUT2D eigenvalue weighted by Gasteiger charge is 2.53. The molecule has 0 radical (unpaired) electrons. The van der Waals surface area contributed by atoms with Crippen LogP contribution in [0.5, 0.6) is 0 Å². The van der Waals surface area contributed by atoms with E-state index in [-0.39, 0.29) is 5.71 Å². The Labute approximate surface area is 197 Å². The molecule has 2 saturated carbocycles. The van der Waals surface area contributed by atoms with Crippen molar-refractivity contribution >= 4 is 54.4 Å². The van der Waals surface area contributed by atoms with Gasteiger partial charge in [0.2, 0.25) is 10.8 Å². The predicted molar refractivity (Wildman–Crippen MR) is 127 cm³/mol. The molecule has 1 N–H and O–H groups in total. The Morgan fingerprint density at radius 2 is 1.42 bits per heavy atom. The number of aromatic nitrogens is 1. The second-order valence-corrected chi connectivity index (χ2v) is 11.6. The molecule has 176 valence electrons. The number of hydrogen-bond acceptors (Lipinski definition) is 8. The number of thiazole rings is 1. The lowest BCUT2D eigenvalue weighted by atomic mass is 9.94. The molecule has 2 aliphatic carbocycles. The van der Waals surface area contributed by atoms with Gasteiger partial charge in [-0.1, -0.05) is 62.0 Å². The molecule has 1 aromatic carbocycles. The topological polar surface area (TPSA) is 112 Å². The number of nitrogens with zero attached hydrogens (tertiary/aromatic N) is 4. The first-order valence-corrected chi connectivity index (χ1v) is 13.8. The van der Waals surface area contributed by atoms with Crippen LogP contribution >= 0.6 is 11.3 Å². The summed E-state index contributed by atoms with van der Waals surface area (Å²) in [5.74, 6) is -1.68. The molecule has 1 aromatic heterocycles. The fourth-order valence-corrected chi connectivity index (χ4v) is 7.83. The Bertz CT molecular complexity index is 1120. The number of benzene rings is 1. The highest BCUT2D eigenvalue weighted by atomic mass is 32.2. The van der Waals surface area contributed by atoms with Gasteiger partial charge >= 0.3 is 10.2 Å². The third-order valence-corrected chi connectivity index (χ3v) is 9.54. The second kappa shape index (κ2) is 9.02. The van der Waals surface area contributed by atoms with Gasteiger partial charge in [-0.05, 0) is 37.8 Å². The zero-order valence-electron chi connectivity index (χ0n) is 18.3. The first kappa shape index (κ1) is 22.3. The summed E-state index contributed by atoms with van der Waals surface area (Å²) >= 11 is 1.35. The average Bonchev–Trinajstić information content (AvgIpc) is 3.23. The molecule has 0 atom stereocenters. The molecular weight excluding hydrogens is 462 g/mol. The largest absolute Gasteiger partial charge is 0.331 e. The minimum absolute atomic E-state index is 0.389. The van der Waals surface area contributed by atoms with E-state index in [4.69, 9.17) is 0 Å². The van der Waals surface area contributed by atoms with Gasteiger partial charge in [0, 0.05) is 0 Å². The summed E-state index contributed by atoms with van der Waals surface area (Å²) in [5, 5.41) is 4.57. The van der Waals surface area contributed by atoms with Gasteiger partial charge in [-0.15, -0.1) is 0 Å². The molecular formula is C22H27N5O4S2. The van der Waals surface area contributed by atoms with E-state index in [1.165, 1.54) is 11.3 Å². The van der Waals surface area contributed by atoms with Gasteiger partial charge in [-0.2, -0.15) is 13.5 Å². The van der Waals surface area contributed by atoms with Crippen LogP contribution in [0.15, 0.2) is 29.4 Å². The van der Waals surface area contributed by atoms with Crippen molar-refractivity contribution in [1.29, 1.82) is 0 Å². The molecule has 0 spiro atoms. The van der Waals surface area contributed by atoms with E-state index in [0.29, 0.717) is 30.8 Å². The molecule has 9 nitrogen and oxygen atoms in total. The number of carbonyl (C=O) groups is 2. The van der Waals surface area contributed by atoms with Gasteiger partial charge in [0.15, 0.2) is 0 Å². The van der Waals surface area contributed by atoms with Crippen LogP contribution in [0.1, 0.15) is 64.2 Å². The monoisotopic (exact) mass is 489 g/mol. The van der Waals surface area contributed by atoms with Gasteiger partial charge in [-0.25, -0.2) is 13.6 Å². The van der Waals surface area contributed by atoms with Gasteiger partial charge < -0.3 is 0 Å². The summed E-state index contributed by atoms with van der Waals surface area (Å²) in [5.41, 5.74) is 3.14. The lowest BCUT2D eigenvalue weighted by Gasteiger charge is -2.43. The van der Waals surface area contributed by atoms with E-state index in [9.17, 15) is 18.0 Å². The van der Waals surface area contributed by atoms with E-state index >= 15 is 0 Å². The van der Waals surface area contributed by atoms with Crippen molar-refractivity contribution in [3.05, 3.63) is 24.3 Å². The molecule has 0 unspecified atom stereocenters. The van der Waals surface area contributed by atoms with Gasteiger partial charge in [0.25, 0.3) is 11.8 Å². The smallest absolute Gasteiger partial charge is 0.266 e. The van der Waals surface area contributed by atoms with Crippen molar-refractivity contribution in [2.75, 3.05) is 5.43 Å². The Hall–Kier alpha value is -2.53. The van der Waals surface area contributed by atoms with Crippen molar-refractivity contribution in [3.63, 3.8) is 0 Å².